The molecule has 1 fully saturated rings. The molecule has 102 valence electrons. The standard InChI is InChI=1S/C12H26N2O2S/c1-11-7-13-8-12(2)10-14(9-11)5-4-6-17(3,15)16/h11-13H,4-10H2,1-3H3. The fourth-order valence-electron chi connectivity index (χ4n) is 2.39. The Balaban J connectivity index is 2.37. The Morgan fingerprint density at radius 1 is 1.18 bits per heavy atom. The van der Waals surface area contributed by atoms with E-state index in [1.54, 1.807) is 0 Å². The molecule has 0 amide bonds. The number of hydrogen-bond acceptors (Lipinski definition) is 4. The van der Waals surface area contributed by atoms with Crippen LogP contribution in [-0.4, -0.2) is 58.1 Å². The van der Waals surface area contributed by atoms with Gasteiger partial charge in [0, 0.05) is 19.3 Å². The first-order valence-electron chi connectivity index (χ1n) is 6.47. The molecule has 0 bridgehead atoms. The van der Waals surface area contributed by atoms with Gasteiger partial charge in [-0.3, -0.25) is 0 Å². The molecule has 0 aromatic rings. The van der Waals surface area contributed by atoms with E-state index in [0.717, 1.165) is 39.1 Å². The number of rotatable bonds is 4. The molecule has 0 aromatic carbocycles. The molecule has 0 aliphatic carbocycles. The van der Waals surface area contributed by atoms with Crippen LogP contribution in [0, 0.1) is 11.8 Å². The van der Waals surface area contributed by atoms with E-state index in [2.05, 4.69) is 24.1 Å². The highest BCUT2D eigenvalue weighted by atomic mass is 32.2. The quantitative estimate of drug-likeness (QED) is 0.806. The van der Waals surface area contributed by atoms with E-state index in [1.807, 2.05) is 0 Å². The van der Waals surface area contributed by atoms with Crippen molar-refractivity contribution in [3.63, 3.8) is 0 Å². The van der Waals surface area contributed by atoms with E-state index in [-0.39, 0.29) is 0 Å². The minimum absolute atomic E-state index is 0.310. The summed E-state index contributed by atoms with van der Waals surface area (Å²) in [5.41, 5.74) is 0. The maximum absolute atomic E-state index is 11.1. The third kappa shape index (κ3) is 7.01. The molecule has 1 rings (SSSR count). The molecule has 4 nitrogen and oxygen atoms in total. The van der Waals surface area contributed by atoms with Gasteiger partial charge in [0.25, 0.3) is 0 Å². The minimum atomic E-state index is -2.81. The third-order valence-electron chi connectivity index (χ3n) is 3.11. The van der Waals surface area contributed by atoms with Gasteiger partial charge >= 0.3 is 0 Å². The molecule has 17 heavy (non-hydrogen) atoms. The van der Waals surface area contributed by atoms with Crippen LogP contribution in [0.3, 0.4) is 0 Å². The Hall–Kier alpha value is -0.130. The van der Waals surface area contributed by atoms with Crippen LogP contribution < -0.4 is 5.32 Å². The smallest absolute Gasteiger partial charge is 0.147 e. The highest BCUT2D eigenvalue weighted by molar-refractivity contribution is 7.90. The third-order valence-corrected chi connectivity index (χ3v) is 4.15. The number of sulfone groups is 1. The van der Waals surface area contributed by atoms with Crippen molar-refractivity contribution in [2.45, 2.75) is 20.3 Å². The first-order valence-corrected chi connectivity index (χ1v) is 8.53. The second-order valence-electron chi connectivity index (χ2n) is 5.61. The molecule has 0 spiro atoms. The van der Waals surface area contributed by atoms with Crippen LogP contribution in [0.25, 0.3) is 0 Å². The predicted octanol–water partition coefficient (Wildman–Crippen LogP) is 0.599. The number of hydrogen-bond donors (Lipinski definition) is 1. The second-order valence-corrected chi connectivity index (χ2v) is 7.87. The number of nitrogens with zero attached hydrogens (tertiary/aromatic N) is 1. The average molecular weight is 262 g/mol. The van der Waals surface area contributed by atoms with Crippen molar-refractivity contribution in [2.24, 2.45) is 11.8 Å². The van der Waals surface area contributed by atoms with Crippen LogP contribution in [0.15, 0.2) is 0 Å². The Morgan fingerprint density at radius 3 is 2.18 bits per heavy atom. The molecule has 2 unspecified atom stereocenters. The fourth-order valence-corrected chi connectivity index (χ4v) is 3.05. The highest BCUT2D eigenvalue weighted by Gasteiger charge is 2.17. The monoisotopic (exact) mass is 262 g/mol. The summed E-state index contributed by atoms with van der Waals surface area (Å²) < 4.78 is 22.2. The van der Waals surface area contributed by atoms with Gasteiger partial charge in [0.2, 0.25) is 0 Å². The van der Waals surface area contributed by atoms with E-state index in [0.29, 0.717) is 17.6 Å². The normalized spacial score (nSPS) is 28.6. The molecule has 1 heterocycles. The zero-order chi connectivity index (χ0) is 12.9. The van der Waals surface area contributed by atoms with Crippen LogP contribution in [0.1, 0.15) is 20.3 Å². The lowest BCUT2D eigenvalue weighted by molar-refractivity contribution is 0.186. The van der Waals surface area contributed by atoms with Crippen molar-refractivity contribution in [3.8, 4) is 0 Å². The van der Waals surface area contributed by atoms with Gasteiger partial charge in [-0.15, -0.1) is 0 Å². The van der Waals surface area contributed by atoms with Gasteiger partial charge in [0.05, 0.1) is 5.75 Å². The maximum Gasteiger partial charge on any atom is 0.147 e. The van der Waals surface area contributed by atoms with Gasteiger partial charge in [0.1, 0.15) is 9.84 Å². The van der Waals surface area contributed by atoms with Crippen molar-refractivity contribution in [1.29, 1.82) is 0 Å². The van der Waals surface area contributed by atoms with Crippen LogP contribution in [-0.2, 0) is 9.84 Å². The van der Waals surface area contributed by atoms with Gasteiger partial charge in [-0.05, 0) is 37.9 Å². The molecule has 1 aliphatic rings. The van der Waals surface area contributed by atoms with Crippen LogP contribution >= 0.6 is 0 Å². The van der Waals surface area contributed by atoms with Crippen LogP contribution in [0.2, 0.25) is 0 Å². The predicted molar refractivity (Wildman–Crippen MR) is 72.0 cm³/mol. The zero-order valence-electron chi connectivity index (χ0n) is 11.3. The lowest BCUT2D eigenvalue weighted by Gasteiger charge is -2.31. The summed E-state index contributed by atoms with van der Waals surface area (Å²) in [6.45, 7) is 9.66. The molecule has 2 atom stereocenters. The molecule has 5 heteroatoms. The Bertz CT molecular complexity index is 304. The molecule has 0 aromatic heterocycles. The lowest BCUT2D eigenvalue weighted by Crippen LogP contribution is -2.43. The molecule has 1 saturated heterocycles. The number of nitrogens with one attached hydrogen (secondary N) is 1. The highest BCUT2D eigenvalue weighted by Crippen LogP contribution is 2.08. The van der Waals surface area contributed by atoms with Gasteiger partial charge in [-0.1, -0.05) is 13.8 Å². The van der Waals surface area contributed by atoms with E-state index in [4.69, 9.17) is 0 Å². The first-order chi connectivity index (χ1) is 7.87. The van der Waals surface area contributed by atoms with Gasteiger partial charge < -0.3 is 10.2 Å². The summed E-state index contributed by atoms with van der Waals surface area (Å²) in [5.74, 6) is 1.59. The SMILES string of the molecule is CC1CNCC(C)CN(CCCS(C)(=O)=O)C1. The fraction of sp³-hybridized carbons (Fsp3) is 1.00. The molecule has 1 N–H and O–H groups in total. The van der Waals surface area contributed by atoms with Gasteiger partial charge in [0.15, 0.2) is 0 Å². The summed E-state index contributed by atoms with van der Waals surface area (Å²) in [5, 5.41) is 3.47. The summed E-state index contributed by atoms with van der Waals surface area (Å²) in [6, 6.07) is 0. The van der Waals surface area contributed by atoms with Crippen molar-refractivity contribution in [3.05, 3.63) is 0 Å². The van der Waals surface area contributed by atoms with Gasteiger partial charge in [-0.25, -0.2) is 8.42 Å². The summed E-state index contributed by atoms with van der Waals surface area (Å²) in [6.07, 6.45) is 2.07. The van der Waals surface area contributed by atoms with Crippen molar-refractivity contribution in [1.82, 2.24) is 10.2 Å². The minimum Gasteiger partial charge on any atom is -0.316 e. The maximum atomic E-state index is 11.1. The first kappa shape index (κ1) is 14.9. The zero-order valence-corrected chi connectivity index (χ0v) is 12.1. The van der Waals surface area contributed by atoms with Crippen molar-refractivity contribution < 1.29 is 8.42 Å². The Morgan fingerprint density at radius 2 is 1.71 bits per heavy atom. The largest absolute Gasteiger partial charge is 0.316 e. The van der Waals surface area contributed by atoms with Crippen molar-refractivity contribution >= 4 is 9.84 Å². The summed E-state index contributed by atoms with van der Waals surface area (Å²) in [4.78, 5) is 2.42. The van der Waals surface area contributed by atoms with E-state index >= 15 is 0 Å². The summed E-state index contributed by atoms with van der Waals surface area (Å²) >= 11 is 0. The molecule has 0 saturated carbocycles. The van der Waals surface area contributed by atoms with E-state index in [1.165, 1.54) is 6.26 Å². The van der Waals surface area contributed by atoms with Gasteiger partial charge in [-0.2, -0.15) is 0 Å². The molecule has 0 radical (unpaired) electrons. The van der Waals surface area contributed by atoms with Crippen LogP contribution in [0.5, 0.6) is 0 Å². The lowest BCUT2D eigenvalue weighted by atomic mass is 10.1. The molecular formula is C12H26N2O2S. The summed E-state index contributed by atoms with van der Waals surface area (Å²) in [7, 11) is -2.81. The van der Waals surface area contributed by atoms with Crippen LogP contribution in [0.4, 0.5) is 0 Å². The Kier molecular flexibility index (Phi) is 5.89. The van der Waals surface area contributed by atoms with E-state index < -0.39 is 9.84 Å². The second kappa shape index (κ2) is 6.71. The van der Waals surface area contributed by atoms with Crippen molar-refractivity contribution in [2.75, 3.05) is 44.7 Å². The van der Waals surface area contributed by atoms with E-state index in [9.17, 15) is 8.42 Å². The Labute approximate surface area is 106 Å². The average Bonchev–Trinajstić information content (AvgIpc) is 2.12. The topological polar surface area (TPSA) is 49.4 Å². The molecule has 1 aliphatic heterocycles. The molecular weight excluding hydrogens is 236 g/mol.